The van der Waals surface area contributed by atoms with Gasteiger partial charge in [0.25, 0.3) is 0 Å². The molecule has 0 bridgehead atoms. The summed E-state index contributed by atoms with van der Waals surface area (Å²) in [6.07, 6.45) is 4.60. The number of ether oxygens (including phenoxy) is 1. The van der Waals surface area contributed by atoms with E-state index in [9.17, 15) is 4.39 Å². The van der Waals surface area contributed by atoms with Gasteiger partial charge in [0.2, 0.25) is 0 Å². The van der Waals surface area contributed by atoms with Gasteiger partial charge in [0, 0.05) is 11.9 Å². The topological polar surface area (TPSA) is 9.23 Å². The first kappa shape index (κ1) is 13.3. The van der Waals surface area contributed by atoms with Crippen molar-refractivity contribution in [1.29, 1.82) is 0 Å². The molecule has 1 aromatic carbocycles. The fourth-order valence-corrected chi connectivity index (χ4v) is 1.65. The Labute approximate surface area is 102 Å². The Morgan fingerprint density at radius 2 is 2.00 bits per heavy atom. The van der Waals surface area contributed by atoms with Gasteiger partial charge in [-0.1, -0.05) is 26.2 Å². The maximum atomic E-state index is 13.1. The highest BCUT2D eigenvalue weighted by atomic mass is 35.5. The number of halogens is 2. The largest absolute Gasteiger partial charge is 0.493 e. The van der Waals surface area contributed by atoms with Gasteiger partial charge in [-0.3, -0.25) is 0 Å². The lowest BCUT2D eigenvalue weighted by Gasteiger charge is -2.07. The first-order valence-corrected chi connectivity index (χ1v) is 6.28. The fourth-order valence-electron chi connectivity index (χ4n) is 1.50. The molecule has 0 spiro atoms. The summed E-state index contributed by atoms with van der Waals surface area (Å²) in [5, 5.41) is 0. The van der Waals surface area contributed by atoms with E-state index >= 15 is 0 Å². The Balaban J connectivity index is 2.38. The highest BCUT2D eigenvalue weighted by Crippen LogP contribution is 2.18. The zero-order valence-electron chi connectivity index (χ0n) is 9.64. The Morgan fingerprint density at radius 1 is 1.19 bits per heavy atom. The van der Waals surface area contributed by atoms with Crippen LogP contribution in [0.1, 0.15) is 38.2 Å². The fraction of sp³-hybridized carbons (Fsp3) is 0.538. The van der Waals surface area contributed by atoms with Gasteiger partial charge in [-0.05, 0) is 24.1 Å². The number of rotatable bonds is 7. The smallest absolute Gasteiger partial charge is 0.127 e. The molecule has 1 rings (SSSR count). The molecule has 0 aliphatic heterocycles. The van der Waals surface area contributed by atoms with Crippen molar-refractivity contribution in [2.75, 3.05) is 6.61 Å². The predicted molar refractivity (Wildman–Crippen MR) is 65.6 cm³/mol. The molecule has 0 N–H and O–H groups in total. The van der Waals surface area contributed by atoms with Gasteiger partial charge in [-0.25, -0.2) is 4.39 Å². The van der Waals surface area contributed by atoms with Gasteiger partial charge in [-0.2, -0.15) is 0 Å². The monoisotopic (exact) mass is 244 g/mol. The number of hydrogen-bond acceptors (Lipinski definition) is 1. The normalized spacial score (nSPS) is 10.4. The van der Waals surface area contributed by atoms with Crippen molar-refractivity contribution < 1.29 is 9.13 Å². The lowest BCUT2D eigenvalue weighted by Crippen LogP contribution is -1.98. The van der Waals surface area contributed by atoms with Crippen LogP contribution >= 0.6 is 11.6 Å². The second kappa shape index (κ2) is 7.50. The highest BCUT2D eigenvalue weighted by molar-refractivity contribution is 6.17. The van der Waals surface area contributed by atoms with Crippen LogP contribution in [0.3, 0.4) is 0 Å². The van der Waals surface area contributed by atoms with Gasteiger partial charge in [0.05, 0.1) is 6.61 Å². The number of unbranched alkanes of at least 4 members (excludes halogenated alkanes) is 3. The summed E-state index contributed by atoms with van der Waals surface area (Å²) in [5.41, 5.74) is 0.755. The minimum absolute atomic E-state index is 0.290. The zero-order valence-corrected chi connectivity index (χ0v) is 10.4. The van der Waals surface area contributed by atoms with E-state index in [1.165, 1.54) is 25.0 Å². The summed E-state index contributed by atoms with van der Waals surface area (Å²) >= 11 is 5.65. The first-order chi connectivity index (χ1) is 7.76. The summed E-state index contributed by atoms with van der Waals surface area (Å²) in [4.78, 5) is 0. The summed E-state index contributed by atoms with van der Waals surface area (Å²) in [7, 11) is 0. The quantitative estimate of drug-likeness (QED) is 0.506. The zero-order chi connectivity index (χ0) is 11.8. The highest BCUT2D eigenvalue weighted by Gasteiger charge is 2.01. The molecule has 0 atom stereocenters. The summed E-state index contributed by atoms with van der Waals surface area (Å²) < 4.78 is 18.6. The van der Waals surface area contributed by atoms with E-state index in [4.69, 9.17) is 16.3 Å². The van der Waals surface area contributed by atoms with Crippen LogP contribution in [0.2, 0.25) is 0 Å². The molecule has 0 aliphatic rings. The van der Waals surface area contributed by atoms with E-state index in [2.05, 4.69) is 6.92 Å². The lowest BCUT2D eigenvalue weighted by molar-refractivity contribution is 0.303. The van der Waals surface area contributed by atoms with E-state index in [-0.39, 0.29) is 5.82 Å². The Kier molecular flexibility index (Phi) is 6.24. The average Bonchev–Trinajstić information content (AvgIpc) is 2.28. The van der Waals surface area contributed by atoms with Crippen molar-refractivity contribution in [2.45, 2.75) is 38.5 Å². The number of alkyl halides is 1. The molecule has 0 amide bonds. The van der Waals surface area contributed by atoms with Crippen molar-refractivity contribution in [1.82, 2.24) is 0 Å². The summed E-state index contributed by atoms with van der Waals surface area (Å²) in [6, 6.07) is 4.61. The third-order valence-electron chi connectivity index (χ3n) is 2.35. The third kappa shape index (κ3) is 4.84. The molecule has 0 aromatic heterocycles. The molecule has 0 fully saturated rings. The first-order valence-electron chi connectivity index (χ1n) is 5.74. The SMILES string of the molecule is CCCCCCOc1cc(F)cc(CCl)c1. The van der Waals surface area contributed by atoms with Crippen LogP contribution < -0.4 is 4.74 Å². The van der Waals surface area contributed by atoms with Gasteiger partial charge < -0.3 is 4.74 Å². The van der Waals surface area contributed by atoms with Crippen molar-refractivity contribution in [3.63, 3.8) is 0 Å². The third-order valence-corrected chi connectivity index (χ3v) is 2.66. The van der Waals surface area contributed by atoms with Crippen molar-refractivity contribution in [3.8, 4) is 5.75 Å². The average molecular weight is 245 g/mol. The standard InChI is InChI=1S/C13H18ClFO/c1-2-3-4-5-6-16-13-8-11(10-14)7-12(15)9-13/h7-9H,2-6,10H2,1H3. The van der Waals surface area contributed by atoms with Crippen LogP contribution in [0.4, 0.5) is 4.39 Å². The Morgan fingerprint density at radius 3 is 2.69 bits per heavy atom. The maximum Gasteiger partial charge on any atom is 0.127 e. The van der Waals surface area contributed by atoms with Gasteiger partial charge in [0.1, 0.15) is 11.6 Å². The summed E-state index contributed by atoms with van der Waals surface area (Å²) in [5.74, 6) is 0.595. The molecule has 0 saturated carbocycles. The Bertz CT molecular complexity index is 315. The molecular weight excluding hydrogens is 227 g/mol. The molecule has 0 heterocycles. The molecule has 3 heteroatoms. The molecular formula is C13H18ClFO. The van der Waals surface area contributed by atoms with Crippen LogP contribution in [-0.4, -0.2) is 6.61 Å². The molecule has 0 aliphatic carbocycles. The minimum Gasteiger partial charge on any atom is -0.493 e. The lowest BCUT2D eigenvalue weighted by atomic mass is 10.2. The van der Waals surface area contributed by atoms with E-state index < -0.39 is 0 Å². The van der Waals surface area contributed by atoms with Crippen molar-refractivity contribution in [3.05, 3.63) is 29.6 Å². The molecule has 0 unspecified atom stereocenters. The number of benzene rings is 1. The molecule has 0 saturated heterocycles. The van der Waals surface area contributed by atoms with E-state index in [1.54, 1.807) is 6.07 Å². The second-order valence-electron chi connectivity index (χ2n) is 3.84. The van der Waals surface area contributed by atoms with Gasteiger partial charge in [0.15, 0.2) is 0 Å². The minimum atomic E-state index is -0.290. The van der Waals surface area contributed by atoms with E-state index in [1.807, 2.05) is 0 Å². The van der Waals surface area contributed by atoms with Crippen LogP contribution in [0.25, 0.3) is 0 Å². The van der Waals surface area contributed by atoms with Crippen molar-refractivity contribution >= 4 is 11.6 Å². The molecule has 16 heavy (non-hydrogen) atoms. The van der Waals surface area contributed by atoms with Crippen LogP contribution in [0.5, 0.6) is 5.75 Å². The molecule has 1 aromatic rings. The number of hydrogen-bond donors (Lipinski definition) is 0. The second-order valence-corrected chi connectivity index (χ2v) is 4.11. The summed E-state index contributed by atoms with van der Waals surface area (Å²) in [6.45, 7) is 2.81. The Hall–Kier alpha value is -0.760. The maximum absolute atomic E-state index is 13.1. The van der Waals surface area contributed by atoms with E-state index in [0.29, 0.717) is 18.2 Å². The van der Waals surface area contributed by atoms with Gasteiger partial charge in [-0.15, -0.1) is 11.6 Å². The van der Waals surface area contributed by atoms with Gasteiger partial charge >= 0.3 is 0 Å². The predicted octanol–water partition coefficient (Wildman–Crippen LogP) is 4.52. The van der Waals surface area contributed by atoms with Crippen LogP contribution in [-0.2, 0) is 5.88 Å². The van der Waals surface area contributed by atoms with Crippen molar-refractivity contribution in [2.24, 2.45) is 0 Å². The molecule has 90 valence electrons. The molecule has 1 nitrogen and oxygen atoms in total. The van der Waals surface area contributed by atoms with Crippen LogP contribution in [0, 0.1) is 5.82 Å². The van der Waals surface area contributed by atoms with E-state index in [0.717, 1.165) is 18.4 Å². The molecule has 0 radical (unpaired) electrons. The van der Waals surface area contributed by atoms with Crippen LogP contribution in [0.15, 0.2) is 18.2 Å².